The fourth-order valence-electron chi connectivity index (χ4n) is 3.81. The van der Waals surface area contributed by atoms with E-state index in [0.717, 1.165) is 52.2 Å². The van der Waals surface area contributed by atoms with Crippen molar-refractivity contribution in [1.82, 2.24) is 29.2 Å². The van der Waals surface area contributed by atoms with E-state index in [-0.39, 0.29) is 0 Å². The van der Waals surface area contributed by atoms with Crippen LogP contribution in [0.3, 0.4) is 0 Å². The fourth-order valence-corrected chi connectivity index (χ4v) is 3.81. The van der Waals surface area contributed by atoms with Crippen molar-refractivity contribution in [2.24, 2.45) is 0 Å². The third kappa shape index (κ3) is 4.08. The van der Waals surface area contributed by atoms with Crippen LogP contribution in [0, 0.1) is 0 Å². The van der Waals surface area contributed by atoms with Gasteiger partial charge >= 0.3 is 0 Å². The monoisotopic (exact) mass is 340 g/mol. The molecule has 0 aliphatic carbocycles. The highest BCUT2D eigenvalue weighted by Gasteiger charge is 2.20. The number of imidazole rings is 1. The minimum absolute atomic E-state index is 0.979. The van der Waals surface area contributed by atoms with E-state index in [0.29, 0.717) is 0 Å². The average Bonchev–Trinajstić information content (AvgIpc) is 2.90. The quantitative estimate of drug-likeness (QED) is 0.833. The van der Waals surface area contributed by atoms with Crippen LogP contribution in [0.2, 0.25) is 0 Å². The number of nitrogens with zero attached hydrogens (tertiary/aromatic N) is 6. The molecule has 2 aromatic rings. The van der Waals surface area contributed by atoms with Crippen molar-refractivity contribution in [1.29, 1.82) is 0 Å². The first-order valence-electron chi connectivity index (χ1n) is 9.33. The van der Waals surface area contributed by atoms with Crippen molar-refractivity contribution in [2.75, 3.05) is 46.3 Å². The predicted molar refractivity (Wildman–Crippen MR) is 98.2 cm³/mol. The molecule has 0 amide bonds. The van der Waals surface area contributed by atoms with Gasteiger partial charge in [0.05, 0.1) is 5.69 Å². The van der Waals surface area contributed by atoms with Gasteiger partial charge in [0, 0.05) is 83.9 Å². The molecular formula is C19H28N6. The minimum atomic E-state index is 0.979. The molecule has 0 radical (unpaired) electrons. The maximum atomic E-state index is 4.73. The second-order valence-corrected chi connectivity index (χ2v) is 7.28. The van der Waals surface area contributed by atoms with Gasteiger partial charge in [-0.25, -0.2) is 4.98 Å². The summed E-state index contributed by atoms with van der Waals surface area (Å²) in [4.78, 5) is 16.4. The van der Waals surface area contributed by atoms with Crippen LogP contribution in [0.15, 0.2) is 30.7 Å². The number of hydrogen-bond acceptors (Lipinski definition) is 5. The Kier molecular flexibility index (Phi) is 5.10. The predicted octanol–water partition coefficient (Wildman–Crippen LogP) is 1.08. The summed E-state index contributed by atoms with van der Waals surface area (Å²) >= 11 is 0. The summed E-state index contributed by atoms with van der Waals surface area (Å²) in [5.74, 6) is 1.25. The first kappa shape index (κ1) is 16.7. The molecule has 2 aromatic heterocycles. The number of pyridine rings is 1. The smallest absolute Gasteiger partial charge is 0.110 e. The largest absolute Gasteiger partial charge is 0.329 e. The van der Waals surface area contributed by atoms with Crippen molar-refractivity contribution in [3.63, 3.8) is 0 Å². The average molecular weight is 340 g/mol. The summed E-state index contributed by atoms with van der Waals surface area (Å²) in [6.07, 6.45) is 6.95. The van der Waals surface area contributed by atoms with Gasteiger partial charge in [0.25, 0.3) is 0 Å². The van der Waals surface area contributed by atoms with E-state index in [1.807, 2.05) is 18.5 Å². The molecule has 0 atom stereocenters. The van der Waals surface area contributed by atoms with Crippen molar-refractivity contribution in [3.05, 3.63) is 47.8 Å². The number of likely N-dealkylation sites (N-methyl/N-ethyl adjacent to an activating group) is 1. The summed E-state index contributed by atoms with van der Waals surface area (Å²) in [5, 5.41) is 0. The molecule has 1 fully saturated rings. The molecule has 0 N–H and O–H groups in total. The van der Waals surface area contributed by atoms with Crippen LogP contribution in [-0.4, -0.2) is 75.6 Å². The Hall–Kier alpha value is -1.76. The van der Waals surface area contributed by atoms with E-state index >= 15 is 0 Å². The van der Waals surface area contributed by atoms with E-state index in [1.54, 1.807) is 0 Å². The van der Waals surface area contributed by atoms with Gasteiger partial charge in [-0.2, -0.15) is 0 Å². The molecule has 6 heteroatoms. The zero-order chi connectivity index (χ0) is 17.1. The summed E-state index contributed by atoms with van der Waals surface area (Å²) in [6, 6.07) is 4.18. The molecule has 2 aliphatic rings. The normalized spacial score (nSPS) is 20.4. The van der Waals surface area contributed by atoms with Crippen LogP contribution in [-0.2, 0) is 26.1 Å². The molecule has 0 saturated carbocycles. The van der Waals surface area contributed by atoms with Gasteiger partial charge in [-0.05, 0) is 18.7 Å². The fraction of sp³-hybridized carbons (Fsp3) is 0.579. The molecular weight excluding hydrogens is 312 g/mol. The van der Waals surface area contributed by atoms with Crippen LogP contribution < -0.4 is 0 Å². The SMILES string of the molecule is CN1CCN(Cc2cnc3n2CCN(Cc2cccnc2)CC3)CC1. The number of piperazine rings is 1. The lowest BCUT2D eigenvalue weighted by Gasteiger charge is -2.32. The Labute approximate surface area is 150 Å². The molecule has 0 unspecified atom stereocenters. The number of fused-ring (bicyclic) bond motifs is 1. The van der Waals surface area contributed by atoms with Gasteiger partial charge in [0.2, 0.25) is 0 Å². The zero-order valence-corrected chi connectivity index (χ0v) is 15.1. The first-order chi connectivity index (χ1) is 12.3. The van der Waals surface area contributed by atoms with Crippen LogP contribution in [0.1, 0.15) is 17.1 Å². The molecule has 4 heterocycles. The number of aromatic nitrogens is 3. The topological polar surface area (TPSA) is 40.4 Å². The van der Waals surface area contributed by atoms with E-state index in [1.165, 1.54) is 30.2 Å². The summed E-state index contributed by atoms with van der Waals surface area (Å²) in [6.45, 7) is 9.84. The number of rotatable bonds is 4. The molecule has 2 aliphatic heterocycles. The lowest BCUT2D eigenvalue weighted by Crippen LogP contribution is -2.44. The lowest BCUT2D eigenvalue weighted by atomic mass is 10.2. The second-order valence-electron chi connectivity index (χ2n) is 7.28. The highest BCUT2D eigenvalue weighted by Crippen LogP contribution is 2.16. The van der Waals surface area contributed by atoms with Gasteiger partial charge in [-0.15, -0.1) is 0 Å². The Bertz CT molecular complexity index is 674. The summed E-state index contributed by atoms with van der Waals surface area (Å²) < 4.78 is 2.46. The van der Waals surface area contributed by atoms with E-state index in [4.69, 9.17) is 4.98 Å². The highest BCUT2D eigenvalue weighted by molar-refractivity contribution is 5.10. The highest BCUT2D eigenvalue weighted by atomic mass is 15.3. The van der Waals surface area contributed by atoms with E-state index < -0.39 is 0 Å². The van der Waals surface area contributed by atoms with Gasteiger partial charge in [-0.1, -0.05) is 6.07 Å². The van der Waals surface area contributed by atoms with Gasteiger partial charge in [0.15, 0.2) is 0 Å². The Balaban J connectivity index is 1.38. The lowest BCUT2D eigenvalue weighted by molar-refractivity contribution is 0.145. The molecule has 134 valence electrons. The van der Waals surface area contributed by atoms with Crippen LogP contribution in [0.25, 0.3) is 0 Å². The van der Waals surface area contributed by atoms with Crippen molar-refractivity contribution in [3.8, 4) is 0 Å². The number of hydrogen-bond donors (Lipinski definition) is 0. The van der Waals surface area contributed by atoms with Crippen molar-refractivity contribution in [2.45, 2.75) is 26.1 Å². The Morgan fingerprint density at radius 1 is 0.920 bits per heavy atom. The standard InChI is InChI=1S/C19H28N6/c1-22-7-9-24(10-8-22)16-18-14-21-19-4-6-23(11-12-25(18)19)15-17-3-2-5-20-13-17/h2-3,5,13-14H,4,6-12,15-16H2,1H3. The van der Waals surface area contributed by atoms with Gasteiger partial charge < -0.3 is 9.47 Å². The molecule has 4 rings (SSSR count). The van der Waals surface area contributed by atoms with Crippen LogP contribution >= 0.6 is 0 Å². The van der Waals surface area contributed by atoms with Crippen LogP contribution in [0.4, 0.5) is 0 Å². The summed E-state index contributed by atoms with van der Waals surface area (Å²) in [7, 11) is 2.21. The van der Waals surface area contributed by atoms with Crippen molar-refractivity contribution >= 4 is 0 Å². The van der Waals surface area contributed by atoms with Crippen molar-refractivity contribution < 1.29 is 0 Å². The van der Waals surface area contributed by atoms with E-state index in [9.17, 15) is 0 Å². The maximum Gasteiger partial charge on any atom is 0.110 e. The second kappa shape index (κ2) is 7.64. The molecule has 1 saturated heterocycles. The third-order valence-corrected chi connectivity index (χ3v) is 5.42. The van der Waals surface area contributed by atoms with Crippen LogP contribution in [0.5, 0.6) is 0 Å². The van der Waals surface area contributed by atoms with Gasteiger partial charge in [-0.3, -0.25) is 14.8 Å². The molecule has 0 aromatic carbocycles. The first-order valence-corrected chi connectivity index (χ1v) is 9.33. The Morgan fingerprint density at radius 2 is 1.72 bits per heavy atom. The summed E-state index contributed by atoms with van der Waals surface area (Å²) in [5.41, 5.74) is 2.67. The molecule has 6 nitrogen and oxygen atoms in total. The minimum Gasteiger partial charge on any atom is -0.329 e. The zero-order valence-electron chi connectivity index (χ0n) is 15.1. The Morgan fingerprint density at radius 3 is 2.52 bits per heavy atom. The maximum absolute atomic E-state index is 4.73. The molecule has 25 heavy (non-hydrogen) atoms. The van der Waals surface area contributed by atoms with E-state index in [2.05, 4.69) is 43.6 Å². The third-order valence-electron chi connectivity index (χ3n) is 5.42. The van der Waals surface area contributed by atoms with Gasteiger partial charge in [0.1, 0.15) is 5.82 Å². The molecule has 0 bridgehead atoms. The molecule has 0 spiro atoms.